The third-order valence-corrected chi connectivity index (χ3v) is 6.43. The number of thioether (sulfide) groups is 1. The van der Waals surface area contributed by atoms with Gasteiger partial charge in [-0.15, -0.1) is 0 Å². The van der Waals surface area contributed by atoms with Gasteiger partial charge in [-0.1, -0.05) is 12.1 Å². The van der Waals surface area contributed by atoms with Crippen LogP contribution in [0.1, 0.15) is 38.4 Å². The van der Waals surface area contributed by atoms with E-state index in [1.54, 1.807) is 6.07 Å². The Bertz CT molecular complexity index is 557. The van der Waals surface area contributed by atoms with Crippen LogP contribution in [0.4, 0.5) is 0 Å². The molecule has 21 heavy (non-hydrogen) atoms. The maximum absolute atomic E-state index is 10.1. The number of phenolic OH excluding ortho intramolecular Hbond substituents is 1. The molecular formula is C17H22O3S. The van der Waals surface area contributed by atoms with Gasteiger partial charge in [0.25, 0.3) is 0 Å². The largest absolute Gasteiger partial charge is 0.504 e. The summed E-state index contributed by atoms with van der Waals surface area (Å²) in [5.41, 5.74) is 0.722. The monoisotopic (exact) mass is 306 g/mol. The Labute approximate surface area is 130 Å². The summed E-state index contributed by atoms with van der Waals surface area (Å²) < 4.78 is 12.7. The van der Waals surface area contributed by atoms with Gasteiger partial charge in [-0.25, -0.2) is 0 Å². The molecule has 2 fully saturated rings. The zero-order valence-corrected chi connectivity index (χ0v) is 13.4. The second kappa shape index (κ2) is 4.82. The molecule has 0 aliphatic carbocycles. The molecule has 1 aromatic carbocycles. The first-order chi connectivity index (χ1) is 10.1. The lowest BCUT2D eigenvalue weighted by Gasteiger charge is -2.52. The van der Waals surface area contributed by atoms with Gasteiger partial charge >= 0.3 is 0 Å². The summed E-state index contributed by atoms with van der Waals surface area (Å²) in [5, 5.41) is 10.1. The summed E-state index contributed by atoms with van der Waals surface area (Å²) in [4.78, 5) is 0. The van der Waals surface area contributed by atoms with Gasteiger partial charge in [0.15, 0.2) is 11.5 Å². The molecule has 0 radical (unpaired) electrons. The van der Waals surface area contributed by atoms with Gasteiger partial charge in [-0.05, 0) is 50.2 Å². The Balaban J connectivity index is 1.75. The molecule has 0 unspecified atom stereocenters. The SMILES string of the molecule is CC1(C)Oc2c(O)cccc2[C@H]2O[C@H]3CCSC[C@H]3C[C@@H]21. The first-order valence-electron chi connectivity index (χ1n) is 7.80. The summed E-state index contributed by atoms with van der Waals surface area (Å²) in [6.45, 7) is 4.25. The highest BCUT2D eigenvalue weighted by atomic mass is 32.2. The van der Waals surface area contributed by atoms with E-state index < -0.39 is 0 Å². The van der Waals surface area contributed by atoms with Crippen molar-refractivity contribution in [1.82, 2.24) is 0 Å². The smallest absolute Gasteiger partial charge is 0.167 e. The van der Waals surface area contributed by atoms with E-state index in [1.807, 2.05) is 23.9 Å². The Morgan fingerprint density at radius 2 is 2.19 bits per heavy atom. The zero-order valence-electron chi connectivity index (χ0n) is 12.5. The van der Waals surface area contributed by atoms with Crippen molar-refractivity contribution in [3.63, 3.8) is 0 Å². The molecule has 114 valence electrons. The van der Waals surface area contributed by atoms with E-state index in [1.165, 1.54) is 11.5 Å². The number of phenols is 1. The van der Waals surface area contributed by atoms with E-state index in [-0.39, 0.29) is 17.5 Å². The molecule has 0 spiro atoms. The Morgan fingerprint density at radius 3 is 3.05 bits per heavy atom. The third-order valence-electron chi connectivity index (χ3n) is 5.24. The average Bonchev–Trinajstić information content (AvgIpc) is 2.47. The lowest BCUT2D eigenvalue weighted by molar-refractivity contribution is -0.170. The first kappa shape index (κ1) is 13.8. The molecule has 0 amide bonds. The minimum atomic E-state index is -0.302. The van der Waals surface area contributed by atoms with Crippen LogP contribution in [0, 0.1) is 11.8 Å². The van der Waals surface area contributed by atoms with Gasteiger partial charge in [0, 0.05) is 11.5 Å². The average molecular weight is 306 g/mol. The van der Waals surface area contributed by atoms with E-state index in [2.05, 4.69) is 13.8 Å². The van der Waals surface area contributed by atoms with Crippen molar-refractivity contribution in [3.05, 3.63) is 23.8 Å². The van der Waals surface area contributed by atoms with Crippen LogP contribution in [-0.2, 0) is 4.74 Å². The van der Waals surface area contributed by atoms with Crippen molar-refractivity contribution < 1.29 is 14.6 Å². The van der Waals surface area contributed by atoms with Crippen molar-refractivity contribution in [2.24, 2.45) is 11.8 Å². The van der Waals surface area contributed by atoms with Gasteiger partial charge in [0.05, 0.1) is 12.2 Å². The number of benzene rings is 1. The standard InChI is InChI=1S/C17H22O3S/c1-17(2)12-8-10-9-21-7-6-14(10)19-15(12)11-4-3-5-13(18)16(11)20-17/h3-5,10,12,14-15,18H,6-9H2,1-2H3/t10-,12+,14+,15-/m1/s1. The number of para-hydroxylation sites is 1. The molecule has 4 heteroatoms. The molecule has 3 aliphatic rings. The highest BCUT2D eigenvalue weighted by Gasteiger charge is 2.51. The summed E-state index contributed by atoms with van der Waals surface area (Å²) in [5.74, 6) is 4.25. The molecule has 0 saturated carbocycles. The molecule has 4 rings (SSSR count). The Hall–Kier alpha value is -0.870. The van der Waals surface area contributed by atoms with Gasteiger partial charge in [0.2, 0.25) is 0 Å². The Morgan fingerprint density at radius 1 is 1.33 bits per heavy atom. The predicted molar refractivity (Wildman–Crippen MR) is 84.0 cm³/mol. The van der Waals surface area contributed by atoms with E-state index in [0.29, 0.717) is 23.7 Å². The molecule has 4 atom stereocenters. The summed E-state index contributed by atoms with van der Waals surface area (Å²) in [7, 11) is 0. The number of hydrogen-bond donors (Lipinski definition) is 1. The van der Waals surface area contributed by atoms with Crippen molar-refractivity contribution in [2.75, 3.05) is 11.5 Å². The second-order valence-corrected chi connectivity index (χ2v) is 8.11. The fourth-order valence-electron chi connectivity index (χ4n) is 4.06. The quantitative estimate of drug-likeness (QED) is 0.792. The van der Waals surface area contributed by atoms with Gasteiger partial charge in [-0.3, -0.25) is 0 Å². The second-order valence-electron chi connectivity index (χ2n) is 6.96. The normalized spacial score (nSPS) is 36.9. The van der Waals surface area contributed by atoms with Gasteiger partial charge in [0.1, 0.15) is 5.60 Å². The molecule has 3 aliphatic heterocycles. The first-order valence-corrected chi connectivity index (χ1v) is 8.96. The van der Waals surface area contributed by atoms with Crippen LogP contribution in [0.15, 0.2) is 18.2 Å². The number of aromatic hydroxyl groups is 1. The van der Waals surface area contributed by atoms with Crippen molar-refractivity contribution in [3.8, 4) is 11.5 Å². The van der Waals surface area contributed by atoms with Crippen LogP contribution >= 0.6 is 11.8 Å². The summed E-state index contributed by atoms with van der Waals surface area (Å²) >= 11 is 2.05. The highest BCUT2D eigenvalue weighted by molar-refractivity contribution is 7.99. The predicted octanol–water partition coefficient (Wildman–Crippen LogP) is 3.76. The van der Waals surface area contributed by atoms with E-state index in [4.69, 9.17) is 9.47 Å². The van der Waals surface area contributed by atoms with E-state index in [9.17, 15) is 5.11 Å². The van der Waals surface area contributed by atoms with Gasteiger partial charge in [-0.2, -0.15) is 11.8 Å². The number of rotatable bonds is 0. The van der Waals surface area contributed by atoms with E-state index >= 15 is 0 Å². The topological polar surface area (TPSA) is 38.7 Å². The molecule has 0 aromatic heterocycles. The fourth-order valence-corrected chi connectivity index (χ4v) is 5.28. The zero-order chi connectivity index (χ0) is 14.6. The molecule has 2 saturated heterocycles. The molecule has 1 N–H and O–H groups in total. The highest BCUT2D eigenvalue weighted by Crippen LogP contribution is 2.55. The van der Waals surface area contributed by atoms with Crippen LogP contribution in [-0.4, -0.2) is 28.3 Å². The summed E-state index contributed by atoms with van der Waals surface area (Å²) in [6, 6.07) is 5.62. The van der Waals surface area contributed by atoms with Gasteiger partial charge < -0.3 is 14.6 Å². The van der Waals surface area contributed by atoms with Crippen molar-refractivity contribution in [2.45, 2.75) is 44.5 Å². The lowest BCUT2D eigenvalue weighted by Crippen LogP contribution is -2.52. The molecular weight excluding hydrogens is 284 g/mol. The molecule has 3 heterocycles. The minimum absolute atomic E-state index is 0.0557. The number of fused-ring (bicyclic) bond motifs is 4. The van der Waals surface area contributed by atoms with Crippen LogP contribution < -0.4 is 4.74 Å². The number of hydrogen-bond acceptors (Lipinski definition) is 4. The molecule has 1 aromatic rings. The van der Waals surface area contributed by atoms with Crippen molar-refractivity contribution in [1.29, 1.82) is 0 Å². The molecule has 3 nitrogen and oxygen atoms in total. The number of ether oxygens (including phenoxy) is 2. The van der Waals surface area contributed by atoms with Crippen LogP contribution in [0.2, 0.25) is 0 Å². The fraction of sp³-hybridized carbons (Fsp3) is 0.647. The summed E-state index contributed by atoms with van der Waals surface area (Å²) in [6.07, 6.45) is 2.73. The Kier molecular flexibility index (Phi) is 3.16. The third kappa shape index (κ3) is 2.15. The lowest BCUT2D eigenvalue weighted by atomic mass is 9.72. The minimum Gasteiger partial charge on any atom is -0.504 e. The maximum Gasteiger partial charge on any atom is 0.167 e. The van der Waals surface area contributed by atoms with Crippen molar-refractivity contribution >= 4 is 11.8 Å². The van der Waals surface area contributed by atoms with Crippen LogP contribution in [0.5, 0.6) is 11.5 Å². The maximum atomic E-state index is 10.1. The van der Waals surface area contributed by atoms with Crippen LogP contribution in [0.25, 0.3) is 0 Å². The van der Waals surface area contributed by atoms with E-state index in [0.717, 1.165) is 18.4 Å². The molecule has 0 bridgehead atoms. The van der Waals surface area contributed by atoms with Crippen LogP contribution in [0.3, 0.4) is 0 Å².